The van der Waals surface area contributed by atoms with Gasteiger partial charge in [0.2, 0.25) is 10.0 Å². The molecule has 10 heteroatoms. The maximum absolute atomic E-state index is 13.1. The van der Waals surface area contributed by atoms with Crippen LogP contribution in [0.4, 0.5) is 10.1 Å². The van der Waals surface area contributed by atoms with Gasteiger partial charge in [0.15, 0.2) is 0 Å². The number of benzene rings is 1. The van der Waals surface area contributed by atoms with Gasteiger partial charge in [0.25, 0.3) is 0 Å². The van der Waals surface area contributed by atoms with Crippen LogP contribution in [0.2, 0.25) is 5.02 Å². The molecule has 0 unspecified atom stereocenters. The van der Waals surface area contributed by atoms with Crippen molar-refractivity contribution in [3.8, 4) is 0 Å². The first kappa shape index (κ1) is 20.0. The minimum Gasteiger partial charge on any atom is -0.348 e. The lowest BCUT2D eigenvalue weighted by atomic mass is 9.98. The molecule has 0 radical (unpaired) electrons. The molecule has 0 spiro atoms. The number of piperidine rings is 1. The molecule has 1 saturated heterocycles. The zero-order valence-electron chi connectivity index (χ0n) is 14.6. The second-order valence-corrected chi connectivity index (χ2v) is 9.50. The van der Waals surface area contributed by atoms with Crippen molar-refractivity contribution in [2.45, 2.75) is 30.9 Å². The largest absolute Gasteiger partial charge is 0.348 e. The van der Waals surface area contributed by atoms with E-state index in [1.165, 1.54) is 16.4 Å². The van der Waals surface area contributed by atoms with Gasteiger partial charge in [-0.15, -0.1) is 0 Å². The maximum Gasteiger partial charge on any atom is 0.313 e. The molecule has 1 aliphatic heterocycles. The summed E-state index contributed by atoms with van der Waals surface area (Å²) in [5.41, 5.74) is 0.222. The average Bonchev–Trinajstić information content (AvgIpc) is 3.49. The molecule has 0 aromatic heterocycles. The van der Waals surface area contributed by atoms with Crippen LogP contribution >= 0.6 is 11.6 Å². The molecule has 1 aromatic carbocycles. The van der Waals surface area contributed by atoms with Crippen molar-refractivity contribution < 1.29 is 22.4 Å². The number of nitrogens with zero attached hydrogens (tertiary/aromatic N) is 1. The summed E-state index contributed by atoms with van der Waals surface area (Å²) in [6.07, 6.45) is 2.77. The standard InChI is InChI=1S/C17H21ClFN3O4S/c18-14-9-12(1-4-15(14)19)21-17(24)16(23)20-10-11-5-7-22(8-6-11)27(25,26)13-2-3-13/h1,4,9,11,13H,2-3,5-8,10H2,(H,20,23)(H,21,24). The Labute approximate surface area is 162 Å². The van der Waals surface area contributed by atoms with Gasteiger partial charge in [-0.05, 0) is 49.8 Å². The van der Waals surface area contributed by atoms with E-state index in [0.717, 1.165) is 18.9 Å². The Kier molecular flexibility index (Phi) is 6.02. The number of hydrogen-bond acceptors (Lipinski definition) is 4. The molecule has 3 rings (SSSR count). The minimum absolute atomic E-state index is 0.118. The molecule has 2 amide bonds. The summed E-state index contributed by atoms with van der Waals surface area (Å²) < 4.78 is 39.0. The van der Waals surface area contributed by atoms with Gasteiger partial charge in [-0.2, -0.15) is 0 Å². The highest BCUT2D eigenvalue weighted by molar-refractivity contribution is 7.90. The minimum atomic E-state index is -3.15. The smallest absolute Gasteiger partial charge is 0.313 e. The second-order valence-electron chi connectivity index (χ2n) is 6.88. The molecule has 1 aliphatic carbocycles. The van der Waals surface area contributed by atoms with E-state index >= 15 is 0 Å². The molecule has 7 nitrogen and oxygen atoms in total. The van der Waals surface area contributed by atoms with Crippen LogP contribution in [0.25, 0.3) is 0 Å². The molecule has 1 heterocycles. The zero-order chi connectivity index (χ0) is 19.6. The summed E-state index contributed by atoms with van der Waals surface area (Å²) >= 11 is 5.63. The number of halogens is 2. The number of carbonyl (C=O) groups excluding carboxylic acids is 2. The highest BCUT2D eigenvalue weighted by Crippen LogP contribution is 2.33. The quantitative estimate of drug-likeness (QED) is 0.713. The van der Waals surface area contributed by atoms with Gasteiger partial charge in [-0.25, -0.2) is 17.1 Å². The Morgan fingerprint density at radius 2 is 1.81 bits per heavy atom. The van der Waals surface area contributed by atoms with Gasteiger partial charge in [0, 0.05) is 25.3 Å². The summed E-state index contributed by atoms with van der Waals surface area (Å²) in [5, 5.41) is 4.55. The molecule has 1 saturated carbocycles. The van der Waals surface area contributed by atoms with Crippen LogP contribution < -0.4 is 10.6 Å². The van der Waals surface area contributed by atoms with Crippen LogP contribution in [-0.2, 0) is 19.6 Å². The van der Waals surface area contributed by atoms with Crippen LogP contribution in [0.3, 0.4) is 0 Å². The van der Waals surface area contributed by atoms with E-state index in [2.05, 4.69) is 10.6 Å². The van der Waals surface area contributed by atoms with Crippen LogP contribution in [-0.4, -0.2) is 49.4 Å². The normalized spacial score (nSPS) is 18.9. The molecule has 2 fully saturated rings. The fourth-order valence-electron chi connectivity index (χ4n) is 3.02. The molecule has 2 N–H and O–H groups in total. The monoisotopic (exact) mass is 417 g/mol. The lowest BCUT2D eigenvalue weighted by Crippen LogP contribution is -2.44. The maximum atomic E-state index is 13.1. The first-order valence-corrected chi connectivity index (χ1v) is 10.7. The van der Waals surface area contributed by atoms with E-state index in [4.69, 9.17) is 11.6 Å². The Bertz CT molecular complexity index is 837. The van der Waals surface area contributed by atoms with E-state index < -0.39 is 27.7 Å². The van der Waals surface area contributed by atoms with Gasteiger partial charge in [-0.1, -0.05) is 11.6 Å². The first-order chi connectivity index (χ1) is 12.8. The van der Waals surface area contributed by atoms with Gasteiger partial charge in [0.05, 0.1) is 10.3 Å². The van der Waals surface area contributed by atoms with E-state index in [0.29, 0.717) is 32.5 Å². The summed E-state index contributed by atoms with van der Waals surface area (Å²) in [5.74, 6) is -2.17. The van der Waals surface area contributed by atoms with Gasteiger partial charge < -0.3 is 10.6 Å². The fourth-order valence-corrected chi connectivity index (χ4v) is 5.08. The van der Waals surface area contributed by atoms with E-state index in [9.17, 15) is 22.4 Å². The van der Waals surface area contributed by atoms with Crippen molar-refractivity contribution in [3.05, 3.63) is 29.0 Å². The predicted molar refractivity (Wildman–Crippen MR) is 99.3 cm³/mol. The molecule has 0 bridgehead atoms. The number of anilines is 1. The molecule has 27 heavy (non-hydrogen) atoms. The number of amides is 2. The van der Waals surface area contributed by atoms with E-state index in [1.54, 1.807) is 0 Å². The zero-order valence-corrected chi connectivity index (χ0v) is 16.2. The predicted octanol–water partition coefficient (Wildman–Crippen LogP) is 1.74. The Morgan fingerprint density at radius 1 is 1.15 bits per heavy atom. The molecular weight excluding hydrogens is 397 g/mol. The number of hydrogen-bond donors (Lipinski definition) is 2. The number of sulfonamides is 1. The van der Waals surface area contributed by atoms with E-state index in [1.807, 2.05) is 0 Å². The van der Waals surface area contributed by atoms with Crippen molar-refractivity contribution in [1.29, 1.82) is 0 Å². The summed E-state index contributed by atoms with van der Waals surface area (Å²) in [6.45, 7) is 1.19. The van der Waals surface area contributed by atoms with Crippen LogP contribution in [0.1, 0.15) is 25.7 Å². The topological polar surface area (TPSA) is 95.6 Å². The van der Waals surface area contributed by atoms with Crippen LogP contribution in [0.15, 0.2) is 18.2 Å². The Morgan fingerprint density at radius 3 is 2.41 bits per heavy atom. The first-order valence-electron chi connectivity index (χ1n) is 8.80. The van der Waals surface area contributed by atoms with Gasteiger partial charge >= 0.3 is 11.8 Å². The highest BCUT2D eigenvalue weighted by atomic mass is 35.5. The Balaban J connectivity index is 1.42. The third kappa shape index (κ3) is 4.97. The summed E-state index contributed by atoms with van der Waals surface area (Å²) in [7, 11) is -3.15. The molecular formula is C17H21ClFN3O4S. The molecule has 148 valence electrons. The van der Waals surface area contributed by atoms with Gasteiger partial charge in [-0.3, -0.25) is 9.59 Å². The number of nitrogens with one attached hydrogen (secondary N) is 2. The summed E-state index contributed by atoms with van der Waals surface area (Å²) in [4.78, 5) is 23.8. The van der Waals surface area contributed by atoms with Crippen molar-refractivity contribution in [1.82, 2.24) is 9.62 Å². The molecule has 2 aliphatic rings. The van der Waals surface area contributed by atoms with Gasteiger partial charge in [0.1, 0.15) is 5.82 Å². The number of carbonyl (C=O) groups is 2. The highest BCUT2D eigenvalue weighted by Gasteiger charge is 2.41. The molecule has 0 atom stereocenters. The number of rotatable bonds is 5. The van der Waals surface area contributed by atoms with Crippen molar-refractivity contribution in [2.24, 2.45) is 5.92 Å². The molecule has 1 aromatic rings. The lowest BCUT2D eigenvalue weighted by Gasteiger charge is -2.31. The van der Waals surface area contributed by atoms with Crippen LogP contribution in [0, 0.1) is 11.7 Å². The Hall–Kier alpha value is -1.71. The SMILES string of the molecule is O=C(NCC1CCN(S(=O)(=O)C2CC2)CC1)C(=O)Nc1ccc(F)c(Cl)c1. The second kappa shape index (κ2) is 8.12. The van der Waals surface area contributed by atoms with E-state index in [-0.39, 0.29) is 21.9 Å². The van der Waals surface area contributed by atoms with Crippen molar-refractivity contribution >= 4 is 39.1 Å². The lowest BCUT2D eigenvalue weighted by molar-refractivity contribution is -0.136. The fraction of sp³-hybridized carbons (Fsp3) is 0.529. The average molecular weight is 418 g/mol. The van der Waals surface area contributed by atoms with Crippen molar-refractivity contribution in [3.63, 3.8) is 0 Å². The third-order valence-corrected chi connectivity index (χ3v) is 7.50. The third-order valence-electron chi connectivity index (χ3n) is 4.81. The van der Waals surface area contributed by atoms with Crippen LogP contribution in [0.5, 0.6) is 0 Å². The van der Waals surface area contributed by atoms with Crippen molar-refractivity contribution in [2.75, 3.05) is 25.0 Å². The summed E-state index contributed by atoms with van der Waals surface area (Å²) in [6, 6.07) is 3.62.